The van der Waals surface area contributed by atoms with E-state index in [1.54, 1.807) is 6.26 Å². The third kappa shape index (κ3) is 4.23. The number of nitrogens with zero attached hydrogens (tertiary/aromatic N) is 1. The molecule has 0 aliphatic rings. The second-order valence-electron chi connectivity index (χ2n) is 5.25. The Labute approximate surface area is 120 Å². The van der Waals surface area contributed by atoms with Crippen LogP contribution in [0, 0.1) is 0 Å². The Kier molecular flexibility index (Phi) is 4.94. The summed E-state index contributed by atoms with van der Waals surface area (Å²) in [6.07, 6.45) is 8.09. The molecule has 0 N–H and O–H groups in total. The van der Waals surface area contributed by atoms with E-state index in [0.717, 1.165) is 24.1 Å². The van der Waals surface area contributed by atoms with Gasteiger partial charge in [0, 0.05) is 5.56 Å². The van der Waals surface area contributed by atoms with E-state index < -0.39 is 0 Å². The second-order valence-corrected chi connectivity index (χ2v) is 5.25. The van der Waals surface area contributed by atoms with Gasteiger partial charge in [-0.05, 0) is 39.7 Å². The van der Waals surface area contributed by atoms with Gasteiger partial charge in [-0.15, -0.1) is 0 Å². The van der Waals surface area contributed by atoms with E-state index >= 15 is 0 Å². The highest BCUT2D eigenvalue weighted by Crippen LogP contribution is 2.19. The molecular weight excluding hydrogens is 246 g/mol. The van der Waals surface area contributed by atoms with E-state index in [9.17, 15) is 0 Å². The standard InChI is InChI=1S/C18H21NO/c1-14(2)8-7-9-15(3)12-18-19-17(13-20-18)16-10-5-4-6-11-16/h4-6,8,10-13H,7,9H2,1-3H3/b15-12+. The van der Waals surface area contributed by atoms with Crippen molar-refractivity contribution in [3.05, 3.63) is 59.7 Å². The molecule has 2 nitrogen and oxygen atoms in total. The first-order valence-corrected chi connectivity index (χ1v) is 6.96. The Hall–Kier alpha value is -2.09. The van der Waals surface area contributed by atoms with Crippen LogP contribution in [0.4, 0.5) is 0 Å². The summed E-state index contributed by atoms with van der Waals surface area (Å²) < 4.78 is 5.51. The highest BCUT2D eigenvalue weighted by molar-refractivity contribution is 5.59. The maximum Gasteiger partial charge on any atom is 0.219 e. The summed E-state index contributed by atoms with van der Waals surface area (Å²) in [5, 5.41) is 0. The Morgan fingerprint density at radius 2 is 1.90 bits per heavy atom. The molecule has 1 aromatic heterocycles. The van der Waals surface area contributed by atoms with Gasteiger partial charge in [0.05, 0.1) is 0 Å². The van der Waals surface area contributed by atoms with Crippen LogP contribution in [0.15, 0.2) is 58.2 Å². The van der Waals surface area contributed by atoms with E-state index in [-0.39, 0.29) is 0 Å². The summed E-state index contributed by atoms with van der Waals surface area (Å²) in [6.45, 7) is 6.36. The van der Waals surface area contributed by atoms with Crippen LogP contribution in [-0.2, 0) is 0 Å². The van der Waals surface area contributed by atoms with E-state index in [2.05, 4.69) is 31.8 Å². The SMILES string of the molecule is CC(C)=CCC/C(C)=C/c1nc(-c2ccccc2)co1. The zero-order chi connectivity index (χ0) is 14.4. The molecule has 2 heteroatoms. The summed E-state index contributed by atoms with van der Waals surface area (Å²) >= 11 is 0. The van der Waals surface area contributed by atoms with Gasteiger partial charge in [-0.1, -0.05) is 47.6 Å². The van der Waals surface area contributed by atoms with Crippen LogP contribution < -0.4 is 0 Å². The van der Waals surface area contributed by atoms with Crippen LogP contribution in [0.1, 0.15) is 39.5 Å². The number of hydrogen-bond acceptors (Lipinski definition) is 2. The van der Waals surface area contributed by atoms with Crippen molar-refractivity contribution in [1.82, 2.24) is 4.98 Å². The van der Waals surface area contributed by atoms with Gasteiger partial charge in [0.2, 0.25) is 5.89 Å². The largest absolute Gasteiger partial charge is 0.444 e. The number of benzene rings is 1. The van der Waals surface area contributed by atoms with Gasteiger partial charge >= 0.3 is 0 Å². The zero-order valence-electron chi connectivity index (χ0n) is 12.4. The molecule has 0 bridgehead atoms. The Morgan fingerprint density at radius 3 is 2.60 bits per heavy atom. The molecule has 0 aliphatic carbocycles. The van der Waals surface area contributed by atoms with E-state index in [4.69, 9.17) is 4.42 Å². The smallest absolute Gasteiger partial charge is 0.219 e. The molecule has 0 saturated heterocycles. The van der Waals surface area contributed by atoms with Crippen molar-refractivity contribution < 1.29 is 4.42 Å². The minimum absolute atomic E-state index is 0.679. The van der Waals surface area contributed by atoms with Crippen LogP contribution in [0.25, 0.3) is 17.3 Å². The maximum absolute atomic E-state index is 5.51. The molecular formula is C18H21NO. The molecule has 0 radical (unpaired) electrons. The van der Waals surface area contributed by atoms with Gasteiger partial charge in [-0.2, -0.15) is 0 Å². The lowest BCUT2D eigenvalue weighted by Crippen LogP contribution is -1.80. The first kappa shape index (κ1) is 14.3. The number of allylic oxidation sites excluding steroid dienone is 3. The lowest BCUT2D eigenvalue weighted by molar-refractivity contribution is 0.546. The fourth-order valence-electron chi connectivity index (χ4n) is 1.97. The Bertz CT molecular complexity index is 601. The molecule has 0 unspecified atom stereocenters. The molecule has 104 valence electrons. The van der Waals surface area contributed by atoms with Gasteiger partial charge in [-0.3, -0.25) is 0 Å². The van der Waals surface area contributed by atoms with Gasteiger partial charge in [0.1, 0.15) is 12.0 Å². The van der Waals surface area contributed by atoms with Crippen LogP contribution in [0.5, 0.6) is 0 Å². The molecule has 20 heavy (non-hydrogen) atoms. The minimum atomic E-state index is 0.679. The molecule has 2 rings (SSSR count). The van der Waals surface area contributed by atoms with Crippen LogP contribution in [0.3, 0.4) is 0 Å². The maximum atomic E-state index is 5.51. The number of rotatable bonds is 5. The lowest BCUT2D eigenvalue weighted by Gasteiger charge is -1.97. The van der Waals surface area contributed by atoms with Crippen molar-refractivity contribution in [2.45, 2.75) is 33.6 Å². The summed E-state index contributed by atoms with van der Waals surface area (Å²) in [5.74, 6) is 0.679. The van der Waals surface area contributed by atoms with Crippen molar-refractivity contribution in [1.29, 1.82) is 0 Å². The van der Waals surface area contributed by atoms with Gasteiger partial charge in [0.25, 0.3) is 0 Å². The average molecular weight is 267 g/mol. The van der Waals surface area contributed by atoms with Crippen LogP contribution in [0.2, 0.25) is 0 Å². The van der Waals surface area contributed by atoms with Crippen molar-refractivity contribution in [3.63, 3.8) is 0 Å². The first-order valence-electron chi connectivity index (χ1n) is 6.96. The van der Waals surface area contributed by atoms with Gasteiger partial charge in [0.15, 0.2) is 0 Å². The minimum Gasteiger partial charge on any atom is -0.444 e. The highest BCUT2D eigenvalue weighted by atomic mass is 16.3. The monoisotopic (exact) mass is 267 g/mol. The first-order chi connectivity index (χ1) is 9.65. The number of hydrogen-bond donors (Lipinski definition) is 0. The highest BCUT2D eigenvalue weighted by Gasteiger charge is 2.03. The molecule has 1 heterocycles. The molecule has 0 spiro atoms. The molecule has 0 saturated carbocycles. The molecule has 0 fully saturated rings. The third-order valence-electron chi connectivity index (χ3n) is 3.05. The Morgan fingerprint density at radius 1 is 1.15 bits per heavy atom. The quantitative estimate of drug-likeness (QED) is 0.669. The van der Waals surface area contributed by atoms with Crippen molar-refractivity contribution in [2.24, 2.45) is 0 Å². The van der Waals surface area contributed by atoms with Crippen LogP contribution >= 0.6 is 0 Å². The van der Waals surface area contributed by atoms with Gasteiger partial charge in [-0.25, -0.2) is 4.98 Å². The topological polar surface area (TPSA) is 26.0 Å². The lowest BCUT2D eigenvalue weighted by atomic mass is 10.1. The van der Waals surface area contributed by atoms with Crippen molar-refractivity contribution >= 4 is 6.08 Å². The van der Waals surface area contributed by atoms with Crippen molar-refractivity contribution in [2.75, 3.05) is 0 Å². The molecule has 0 atom stereocenters. The average Bonchev–Trinajstić information content (AvgIpc) is 2.88. The zero-order valence-corrected chi connectivity index (χ0v) is 12.4. The van der Waals surface area contributed by atoms with Crippen molar-refractivity contribution in [3.8, 4) is 11.3 Å². The molecule has 0 amide bonds. The predicted octanol–water partition coefficient (Wildman–Crippen LogP) is 5.49. The fourth-order valence-corrected chi connectivity index (χ4v) is 1.97. The summed E-state index contributed by atoms with van der Waals surface area (Å²) in [4.78, 5) is 4.51. The summed E-state index contributed by atoms with van der Waals surface area (Å²) in [7, 11) is 0. The van der Waals surface area contributed by atoms with E-state index in [1.165, 1.54) is 11.1 Å². The molecule has 0 aliphatic heterocycles. The normalized spacial score (nSPS) is 11.4. The summed E-state index contributed by atoms with van der Waals surface area (Å²) in [6, 6.07) is 10.1. The molecule has 1 aromatic carbocycles. The molecule has 2 aromatic rings. The fraction of sp³-hybridized carbons (Fsp3) is 0.278. The number of aromatic nitrogens is 1. The number of oxazole rings is 1. The third-order valence-corrected chi connectivity index (χ3v) is 3.05. The predicted molar refractivity (Wildman–Crippen MR) is 84.3 cm³/mol. The van der Waals surface area contributed by atoms with E-state index in [1.807, 2.05) is 36.4 Å². The van der Waals surface area contributed by atoms with Crippen LogP contribution in [-0.4, -0.2) is 4.98 Å². The van der Waals surface area contributed by atoms with E-state index in [0.29, 0.717) is 5.89 Å². The Balaban J connectivity index is 2.04. The van der Waals surface area contributed by atoms with Gasteiger partial charge < -0.3 is 4.42 Å². The summed E-state index contributed by atoms with van der Waals surface area (Å²) in [5.41, 5.74) is 4.61. The second kappa shape index (κ2) is 6.90.